The van der Waals surface area contributed by atoms with Crippen molar-refractivity contribution in [1.82, 2.24) is 5.43 Å². The van der Waals surface area contributed by atoms with E-state index in [0.29, 0.717) is 0 Å². The van der Waals surface area contributed by atoms with Gasteiger partial charge in [-0.25, -0.2) is 10.2 Å². The largest absolute Gasteiger partial charge is 0.443 e. The lowest BCUT2D eigenvalue weighted by atomic mass is 10.1. The molecule has 26 heavy (non-hydrogen) atoms. The third kappa shape index (κ3) is 6.59. The topological polar surface area (TPSA) is 53.9 Å². The highest BCUT2D eigenvalue weighted by atomic mass is 16.6. The molecule has 2 aromatic carbocycles. The van der Waals surface area contributed by atoms with Gasteiger partial charge in [-0.2, -0.15) is 5.10 Å². The fraction of sp³-hybridized carbons (Fsp3) is 0.333. The molecule has 5 nitrogen and oxygen atoms in total. The van der Waals surface area contributed by atoms with Gasteiger partial charge in [-0.05, 0) is 51.0 Å². The zero-order chi connectivity index (χ0) is 19.0. The van der Waals surface area contributed by atoms with Crippen molar-refractivity contribution in [3.63, 3.8) is 0 Å². The van der Waals surface area contributed by atoms with Crippen molar-refractivity contribution in [3.05, 3.63) is 65.7 Å². The summed E-state index contributed by atoms with van der Waals surface area (Å²) in [4.78, 5) is 13.9. The maximum absolute atomic E-state index is 11.6. The van der Waals surface area contributed by atoms with E-state index in [1.165, 1.54) is 5.56 Å². The Morgan fingerprint density at radius 3 is 2.35 bits per heavy atom. The third-order valence-corrected chi connectivity index (χ3v) is 3.62. The molecular weight excluding hydrogens is 326 g/mol. The number of carbonyl (C=O) groups excluding carboxylic acids is 1. The molecule has 0 atom stereocenters. The van der Waals surface area contributed by atoms with E-state index in [9.17, 15) is 4.79 Å². The van der Waals surface area contributed by atoms with Crippen molar-refractivity contribution >= 4 is 18.0 Å². The second kappa shape index (κ2) is 9.04. The van der Waals surface area contributed by atoms with Gasteiger partial charge >= 0.3 is 6.09 Å². The van der Waals surface area contributed by atoms with E-state index < -0.39 is 11.7 Å². The van der Waals surface area contributed by atoms with Crippen molar-refractivity contribution in [1.29, 1.82) is 0 Å². The number of rotatable bonds is 6. The summed E-state index contributed by atoms with van der Waals surface area (Å²) in [5.41, 5.74) is 5.16. The van der Waals surface area contributed by atoms with E-state index in [4.69, 9.17) is 4.74 Å². The predicted octanol–water partition coefficient (Wildman–Crippen LogP) is 4.57. The normalized spacial score (nSPS) is 11.4. The monoisotopic (exact) mass is 353 g/mol. The molecule has 138 valence electrons. The number of ether oxygens (including phenoxy) is 1. The quantitative estimate of drug-likeness (QED) is 0.611. The van der Waals surface area contributed by atoms with Crippen LogP contribution in [0.4, 0.5) is 10.5 Å². The minimum Gasteiger partial charge on any atom is -0.443 e. The lowest BCUT2D eigenvalue weighted by Crippen LogP contribution is -2.29. The van der Waals surface area contributed by atoms with Crippen molar-refractivity contribution in [3.8, 4) is 0 Å². The second-order valence-electron chi connectivity index (χ2n) is 6.96. The Morgan fingerprint density at radius 2 is 1.77 bits per heavy atom. The first kappa shape index (κ1) is 19.5. The molecule has 0 unspecified atom stereocenters. The molecule has 0 saturated carbocycles. The zero-order valence-electron chi connectivity index (χ0n) is 15.9. The van der Waals surface area contributed by atoms with Crippen molar-refractivity contribution in [2.45, 2.75) is 39.8 Å². The lowest BCUT2D eigenvalue weighted by molar-refractivity contribution is 0.0529. The first-order valence-electron chi connectivity index (χ1n) is 8.78. The van der Waals surface area contributed by atoms with Crippen LogP contribution in [-0.4, -0.2) is 24.5 Å². The maximum atomic E-state index is 11.6. The SMILES string of the molecule is CCN(Cc1ccccc1)c1ccc(/C=N\NC(=O)OC(C)(C)C)cc1. The number of nitrogens with zero attached hydrogens (tertiary/aromatic N) is 2. The maximum Gasteiger partial charge on any atom is 0.428 e. The number of anilines is 1. The van der Waals surface area contributed by atoms with Crippen molar-refractivity contribution in [2.75, 3.05) is 11.4 Å². The smallest absolute Gasteiger partial charge is 0.428 e. The van der Waals surface area contributed by atoms with Crippen molar-refractivity contribution in [2.24, 2.45) is 5.10 Å². The molecule has 0 bridgehead atoms. The molecular formula is C21H27N3O2. The van der Waals surface area contributed by atoms with Crippen LogP contribution < -0.4 is 10.3 Å². The lowest BCUT2D eigenvalue weighted by Gasteiger charge is -2.23. The molecule has 0 aliphatic heterocycles. The van der Waals surface area contributed by atoms with E-state index in [1.807, 2.05) is 39.0 Å². The van der Waals surface area contributed by atoms with Crippen LogP contribution in [0.15, 0.2) is 59.7 Å². The Morgan fingerprint density at radius 1 is 1.12 bits per heavy atom. The summed E-state index contributed by atoms with van der Waals surface area (Å²) in [6.07, 6.45) is 1.03. The molecule has 1 amide bonds. The summed E-state index contributed by atoms with van der Waals surface area (Å²) in [6, 6.07) is 18.5. The van der Waals surface area contributed by atoms with Crippen LogP contribution in [0.1, 0.15) is 38.8 Å². The fourth-order valence-electron chi connectivity index (χ4n) is 2.42. The number of hydrazone groups is 1. The first-order chi connectivity index (χ1) is 12.4. The Labute approximate surface area is 155 Å². The predicted molar refractivity (Wildman–Crippen MR) is 107 cm³/mol. The van der Waals surface area contributed by atoms with E-state index in [0.717, 1.165) is 24.3 Å². The Kier molecular flexibility index (Phi) is 6.78. The van der Waals surface area contributed by atoms with Crippen LogP contribution in [0.2, 0.25) is 0 Å². The van der Waals surface area contributed by atoms with E-state index in [2.05, 4.69) is 58.7 Å². The average Bonchev–Trinajstić information content (AvgIpc) is 2.60. The number of carbonyl (C=O) groups is 1. The van der Waals surface area contributed by atoms with Crippen LogP contribution in [-0.2, 0) is 11.3 Å². The molecule has 0 aliphatic rings. The van der Waals surface area contributed by atoms with Gasteiger partial charge in [0.15, 0.2) is 0 Å². The van der Waals surface area contributed by atoms with Gasteiger partial charge in [0, 0.05) is 18.8 Å². The molecule has 1 N–H and O–H groups in total. The third-order valence-electron chi connectivity index (χ3n) is 3.62. The average molecular weight is 353 g/mol. The molecule has 0 aromatic heterocycles. The molecule has 0 spiro atoms. The molecule has 0 fully saturated rings. The van der Waals surface area contributed by atoms with Gasteiger partial charge in [0.05, 0.1) is 6.21 Å². The van der Waals surface area contributed by atoms with E-state index >= 15 is 0 Å². The van der Waals surface area contributed by atoms with Crippen molar-refractivity contribution < 1.29 is 9.53 Å². The highest BCUT2D eigenvalue weighted by molar-refractivity contribution is 5.81. The van der Waals surface area contributed by atoms with Crippen LogP contribution >= 0.6 is 0 Å². The molecule has 5 heteroatoms. The molecule has 0 heterocycles. The van der Waals surface area contributed by atoms with Gasteiger partial charge in [0.2, 0.25) is 0 Å². The van der Waals surface area contributed by atoms with Gasteiger partial charge in [-0.1, -0.05) is 42.5 Å². The van der Waals surface area contributed by atoms with Crippen LogP contribution in [0.3, 0.4) is 0 Å². The van der Waals surface area contributed by atoms with Gasteiger partial charge in [-0.15, -0.1) is 0 Å². The van der Waals surface area contributed by atoms with Gasteiger partial charge in [0.1, 0.15) is 5.60 Å². The summed E-state index contributed by atoms with van der Waals surface area (Å²) in [7, 11) is 0. The van der Waals surface area contributed by atoms with Crippen LogP contribution in [0.5, 0.6) is 0 Å². The highest BCUT2D eigenvalue weighted by Crippen LogP contribution is 2.17. The minimum absolute atomic E-state index is 0.538. The summed E-state index contributed by atoms with van der Waals surface area (Å²) < 4.78 is 5.13. The molecule has 2 rings (SSSR count). The number of hydrogen-bond donors (Lipinski definition) is 1. The summed E-state index contributed by atoms with van der Waals surface area (Å²) in [6.45, 7) is 9.36. The number of hydrogen-bond acceptors (Lipinski definition) is 4. The summed E-state index contributed by atoms with van der Waals surface area (Å²) in [5.74, 6) is 0. The highest BCUT2D eigenvalue weighted by Gasteiger charge is 2.15. The summed E-state index contributed by atoms with van der Waals surface area (Å²) >= 11 is 0. The Hall–Kier alpha value is -2.82. The van der Waals surface area contributed by atoms with Crippen LogP contribution in [0, 0.1) is 0 Å². The van der Waals surface area contributed by atoms with Gasteiger partial charge in [-0.3, -0.25) is 0 Å². The zero-order valence-corrected chi connectivity index (χ0v) is 15.9. The molecule has 0 aliphatic carbocycles. The second-order valence-corrected chi connectivity index (χ2v) is 6.96. The minimum atomic E-state index is -0.564. The fourth-order valence-corrected chi connectivity index (χ4v) is 2.42. The number of amides is 1. The molecule has 2 aromatic rings. The van der Waals surface area contributed by atoms with Crippen LogP contribution in [0.25, 0.3) is 0 Å². The first-order valence-corrected chi connectivity index (χ1v) is 8.78. The standard InChI is InChI=1S/C21H27N3O2/c1-5-24(16-18-9-7-6-8-10-18)19-13-11-17(12-14-19)15-22-23-20(25)26-21(2,3)4/h6-15H,5,16H2,1-4H3,(H,23,25)/b22-15-. The Bertz CT molecular complexity index is 719. The number of nitrogens with one attached hydrogen (secondary N) is 1. The Balaban J connectivity index is 1.94. The van der Waals surface area contributed by atoms with Gasteiger partial charge < -0.3 is 9.64 Å². The van der Waals surface area contributed by atoms with Gasteiger partial charge in [0.25, 0.3) is 0 Å². The summed E-state index contributed by atoms with van der Waals surface area (Å²) in [5, 5.41) is 3.92. The molecule has 0 saturated heterocycles. The number of benzene rings is 2. The molecule has 0 radical (unpaired) electrons. The van der Waals surface area contributed by atoms with E-state index in [-0.39, 0.29) is 0 Å². The van der Waals surface area contributed by atoms with E-state index in [1.54, 1.807) is 6.21 Å².